The maximum atomic E-state index is 5.52. The summed E-state index contributed by atoms with van der Waals surface area (Å²) >= 11 is 5.18. The van der Waals surface area contributed by atoms with Gasteiger partial charge in [-0.1, -0.05) is 28.9 Å². The SMILES string of the molecule is CCc1nc(CSc2cccc(Br)c2)nc(NN)c1C. The number of hydrogen-bond donors (Lipinski definition) is 2. The predicted molar refractivity (Wildman–Crippen MR) is 87.7 cm³/mol. The van der Waals surface area contributed by atoms with E-state index in [2.05, 4.69) is 50.4 Å². The number of nitrogens with zero attached hydrogens (tertiary/aromatic N) is 2. The molecule has 0 aliphatic heterocycles. The normalized spacial score (nSPS) is 10.6. The van der Waals surface area contributed by atoms with Crippen molar-refractivity contribution in [1.82, 2.24) is 9.97 Å². The number of aromatic nitrogens is 2. The summed E-state index contributed by atoms with van der Waals surface area (Å²) in [5.74, 6) is 7.74. The minimum atomic E-state index is 0.710. The highest BCUT2D eigenvalue weighted by molar-refractivity contribution is 9.10. The summed E-state index contributed by atoms with van der Waals surface area (Å²) in [6.45, 7) is 4.07. The standard InChI is InChI=1S/C14H17BrN4S/c1-3-12-9(2)14(19-16)18-13(17-12)8-20-11-6-4-5-10(15)7-11/h4-7H,3,8,16H2,1-2H3,(H,17,18,19). The molecule has 3 N–H and O–H groups in total. The van der Waals surface area contributed by atoms with Gasteiger partial charge in [0.25, 0.3) is 0 Å². The van der Waals surface area contributed by atoms with Gasteiger partial charge in [-0.3, -0.25) is 0 Å². The van der Waals surface area contributed by atoms with Crippen molar-refractivity contribution in [2.75, 3.05) is 5.43 Å². The molecule has 4 nitrogen and oxygen atoms in total. The molecule has 106 valence electrons. The van der Waals surface area contributed by atoms with Gasteiger partial charge >= 0.3 is 0 Å². The first kappa shape index (κ1) is 15.3. The van der Waals surface area contributed by atoms with E-state index in [1.54, 1.807) is 11.8 Å². The molecule has 0 saturated carbocycles. The van der Waals surface area contributed by atoms with Gasteiger partial charge in [0.2, 0.25) is 0 Å². The minimum absolute atomic E-state index is 0.710. The third kappa shape index (κ3) is 3.71. The van der Waals surface area contributed by atoms with Crippen molar-refractivity contribution in [3.05, 3.63) is 45.8 Å². The Bertz CT molecular complexity index is 578. The number of anilines is 1. The third-order valence-corrected chi connectivity index (χ3v) is 4.41. The van der Waals surface area contributed by atoms with Crippen LogP contribution in [0.15, 0.2) is 33.6 Å². The summed E-state index contributed by atoms with van der Waals surface area (Å²) in [6.07, 6.45) is 0.873. The largest absolute Gasteiger partial charge is 0.308 e. The lowest BCUT2D eigenvalue weighted by Gasteiger charge is -2.10. The van der Waals surface area contributed by atoms with E-state index in [4.69, 9.17) is 5.84 Å². The van der Waals surface area contributed by atoms with Gasteiger partial charge in [0.15, 0.2) is 0 Å². The molecule has 1 aromatic carbocycles. The van der Waals surface area contributed by atoms with Crippen molar-refractivity contribution in [3.8, 4) is 0 Å². The van der Waals surface area contributed by atoms with Crippen molar-refractivity contribution >= 4 is 33.5 Å². The summed E-state index contributed by atoms with van der Waals surface area (Å²) in [4.78, 5) is 10.2. The van der Waals surface area contributed by atoms with Crippen molar-refractivity contribution in [3.63, 3.8) is 0 Å². The molecule has 6 heteroatoms. The van der Waals surface area contributed by atoms with Gasteiger partial charge in [0.1, 0.15) is 11.6 Å². The lowest BCUT2D eigenvalue weighted by Crippen LogP contribution is -2.14. The fraction of sp³-hybridized carbons (Fsp3) is 0.286. The Kier molecular flexibility index (Phi) is 5.39. The summed E-state index contributed by atoms with van der Waals surface area (Å²) in [7, 11) is 0. The van der Waals surface area contributed by atoms with E-state index in [1.165, 1.54) is 4.90 Å². The maximum Gasteiger partial charge on any atom is 0.146 e. The number of nitrogens with two attached hydrogens (primary N) is 1. The maximum absolute atomic E-state index is 5.52. The van der Waals surface area contributed by atoms with E-state index in [-0.39, 0.29) is 0 Å². The molecule has 1 heterocycles. The first-order chi connectivity index (χ1) is 9.63. The molecule has 0 aliphatic carbocycles. The molecule has 0 unspecified atom stereocenters. The second-order valence-corrected chi connectivity index (χ2v) is 6.27. The van der Waals surface area contributed by atoms with Crippen LogP contribution in [0.2, 0.25) is 0 Å². The molecule has 0 saturated heterocycles. The Morgan fingerprint density at radius 2 is 2.15 bits per heavy atom. The number of halogens is 1. The van der Waals surface area contributed by atoms with Gasteiger partial charge in [0.05, 0.1) is 5.75 Å². The van der Waals surface area contributed by atoms with Crippen molar-refractivity contribution in [2.24, 2.45) is 5.84 Å². The topological polar surface area (TPSA) is 63.8 Å². The van der Waals surface area contributed by atoms with Gasteiger partial charge in [-0.15, -0.1) is 11.8 Å². The van der Waals surface area contributed by atoms with Crippen LogP contribution in [-0.4, -0.2) is 9.97 Å². The van der Waals surface area contributed by atoms with Crippen LogP contribution in [0.25, 0.3) is 0 Å². The summed E-state index contributed by atoms with van der Waals surface area (Å²) in [6, 6.07) is 8.19. The first-order valence-corrected chi connectivity index (χ1v) is 8.13. The highest BCUT2D eigenvalue weighted by atomic mass is 79.9. The number of thioether (sulfide) groups is 1. The summed E-state index contributed by atoms with van der Waals surface area (Å²) < 4.78 is 1.07. The molecule has 2 aromatic rings. The van der Waals surface area contributed by atoms with E-state index < -0.39 is 0 Å². The van der Waals surface area contributed by atoms with Crippen molar-refractivity contribution < 1.29 is 0 Å². The second kappa shape index (κ2) is 7.06. The molecule has 0 amide bonds. The van der Waals surface area contributed by atoms with E-state index in [0.29, 0.717) is 5.82 Å². The number of benzene rings is 1. The predicted octanol–water partition coefficient (Wildman–Crippen LogP) is 3.69. The number of hydrazine groups is 1. The molecule has 0 atom stereocenters. The molecule has 0 fully saturated rings. The van der Waals surface area contributed by atoms with Crippen LogP contribution in [0, 0.1) is 6.92 Å². The van der Waals surface area contributed by atoms with Crippen molar-refractivity contribution in [2.45, 2.75) is 30.9 Å². The summed E-state index contributed by atoms with van der Waals surface area (Å²) in [5, 5.41) is 0. The molecular weight excluding hydrogens is 336 g/mol. The van der Waals surface area contributed by atoms with Gasteiger partial charge in [-0.25, -0.2) is 15.8 Å². The number of hydrogen-bond acceptors (Lipinski definition) is 5. The fourth-order valence-corrected chi connectivity index (χ4v) is 3.23. The van der Waals surface area contributed by atoms with Gasteiger partial charge in [-0.05, 0) is 31.5 Å². The highest BCUT2D eigenvalue weighted by Crippen LogP contribution is 2.25. The third-order valence-electron chi connectivity index (χ3n) is 2.93. The molecule has 1 aromatic heterocycles. The van der Waals surface area contributed by atoms with Gasteiger partial charge in [-0.2, -0.15) is 0 Å². The number of aryl methyl sites for hydroxylation is 1. The molecule has 0 radical (unpaired) electrons. The Balaban J connectivity index is 2.17. The zero-order chi connectivity index (χ0) is 14.5. The van der Waals surface area contributed by atoms with Gasteiger partial charge in [0, 0.05) is 20.6 Å². The highest BCUT2D eigenvalue weighted by Gasteiger charge is 2.09. The first-order valence-electron chi connectivity index (χ1n) is 6.35. The Morgan fingerprint density at radius 3 is 2.80 bits per heavy atom. The summed E-state index contributed by atoms with van der Waals surface area (Å²) in [5.41, 5.74) is 4.71. The number of nitrogens with one attached hydrogen (secondary N) is 1. The average Bonchev–Trinajstić information content (AvgIpc) is 2.46. The number of rotatable bonds is 5. The second-order valence-electron chi connectivity index (χ2n) is 4.30. The van der Waals surface area contributed by atoms with E-state index in [1.807, 2.05) is 19.1 Å². The molecule has 0 bridgehead atoms. The number of nitrogen functional groups attached to an aromatic ring is 1. The van der Waals surface area contributed by atoms with E-state index >= 15 is 0 Å². The van der Waals surface area contributed by atoms with Gasteiger partial charge < -0.3 is 5.43 Å². The van der Waals surface area contributed by atoms with Crippen LogP contribution in [0.5, 0.6) is 0 Å². The molecular formula is C14H17BrN4S. The van der Waals surface area contributed by atoms with E-state index in [9.17, 15) is 0 Å². The minimum Gasteiger partial charge on any atom is -0.308 e. The van der Waals surface area contributed by atoms with Crippen LogP contribution >= 0.6 is 27.7 Å². The van der Waals surface area contributed by atoms with Crippen LogP contribution in [0.4, 0.5) is 5.82 Å². The molecule has 2 rings (SSSR count). The van der Waals surface area contributed by atoms with E-state index in [0.717, 1.165) is 33.7 Å². The van der Waals surface area contributed by atoms with Crippen molar-refractivity contribution in [1.29, 1.82) is 0 Å². The molecule has 20 heavy (non-hydrogen) atoms. The lowest BCUT2D eigenvalue weighted by molar-refractivity contribution is 0.916. The smallest absolute Gasteiger partial charge is 0.146 e. The quantitative estimate of drug-likeness (QED) is 0.488. The average molecular weight is 353 g/mol. The molecule has 0 spiro atoms. The lowest BCUT2D eigenvalue weighted by atomic mass is 10.2. The zero-order valence-electron chi connectivity index (χ0n) is 11.5. The Labute approximate surface area is 131 Å². The monoisotopic (exact) mass is 352 g/mol. The Hall–Kier alpha value is -1.11. The fourth-order valence-electron chi connectivity index (χ4n) is 1.87. The molecule has 0 aliphatic rings. The van der Waals surface area contributed by atoms with Crippen LogP contribution in [-0.2, 0) is 12.2 Å². The Morgan fingerprint density at radius 1 is 1.35 bits per heavy atom. The van der Waals surface area contributed by atoms with Crippen LogP contribution < -0.4 is 11.3 Å². The zero-order valence-corrected chi connectivity index (χ0v) is 13.9. The van der Waals surface area contributed by atoms with Crippen LogP contribution in [0.3, 0.4) is 0 Å². The van der Waals surface area contributed by atoms with Crippen LogP contribution in [0.1, 0.15) is 24.0 Å².